The lowest BCUT2D eigenvalue weighted by atomic mass is 10.2. The number of morpholine rings is 1. The van der Waals surface area contributed by atoms with Gasteiger partial charge < -0.3 is 9.64 Å². The molecule has 26 heavy (non-hydrogen) atoms. The Morgan fingerprint density at radius 2 is 1.92 bits per heavy atom. The smallest absolute Gasteiger partial charge is 0.234 e. The first-order valence-electron chi connectivity index (χ1n) is 8.41. The lowest BCUT2D eigenvalue weighted by molar-refractivity contribution is 0.122. The minimum absolute atomic E-state index is 0.0404. The third kappa shape index (κ3) is 5.35. The summed E-state index contributed by atoms with van der Waals surface area (Å²) in [5.41, 5.74) is 1.95. The van der Waals surface area contributed by atoms with Gasteiger partial charge >= 0.3 is 0 Å². The summed E-state index contributed by atoms with van der Waals surface area (Å²) in [7, 11) is -3.57. The van der Waals surface area contributed by atoms with Crippen molar-refractivity contribution < 1.29 is 13.2 Å². The molecular formula is C18H22N4O3S. The summed E-state index contributed by atoms with van der Waals surface area (Å²) in [5.74, 6) is 1.22. The SMILES string of the molecule is Cc1ccc(/C=C/S(=O)(=O)NCc2nccc(N3CCOCC3)n2)cc1. The van der Waals surface area contributed by atoms with Crippen LogP contribution in [0.15, 0.2) is 41.9 Å². The summed E-state index contributed by atoms with van der Waals surface area (Å²) in [6.07, 6.45) is 3.20. The second-order valence-electron chi connectivity index (χ2n) is 6.01. The van der Waals surface area contributed by atoms with E-state index in [4.69, 9.17) is 4.74 Å². The molecule has 0 bridgehead atoms. The molecule has 1 aromatic heterocycles. The number of nitrogens with zero attached hydrogens (tertiary/aromatic N) is 3. The minimum atomic E-state index is -3.57. The summed E-state index contributed by atoms with van der Waals surface area (Å²) in [4.78, 5) is 10.7. The highest BCUT2D eigenvalue weighted by Crippen LogP contribution is 2.12. The van der Waals surface area contributed by atoms with Crippen molar-refractivity contribution in [2.75, 3.05) is 31.2 Å². The molecule has 2 aromatic rings. The van der Waals surface area contributed by atoms with Gasteiger partial charge in [-0.3, -0.25) is 0 Å². The number of aromatic nitrogens is 2. The molecule has 0 aliphatic carbocycles. The van der Waals surface area contributed by atoms with Crippen molar-refractivity contribution in [2.24, 2.45) is 0 Å². The lowest BCUT2D eigenvalue weighted by Crippen LogP contribution is -2.37. The zero-order chi connectivity index (χ0) is 18.4. The van der Waals surface area contributed by atoms with Crippen LogP contribution >= 0.6 is 0 Å². The van der Waals surface area contributed by atoms with E-state index in [-0.39, 0.29) is 6.54 Å². The van der Waals surface area contributed by atoms with Gasteiger partial charge in [0.05, 0.1) is 19.8 Å². The predicted octanol–water partition coefficient (Wildman–Crippen LogP) is 1.71. The maximum Gasteiger partial charge on any atom is 0.234 e. The Labute approximate surface area is 153 Å². The molecule has 0 atom stereocenters. The molecule has 1 N–H and O–H groups in total. The van der Waals surface area contributed by atoms with Crippen molar-refractivity contribution in [1.29, 1.82) is 0 Å². The van der Waals surface area contributed by atoms with Gasteiger partial charge in [0.25, 0.3) is 0 Å². The van der Waals surface area contributed by atoms with Gasteiger partial charge in [0.1, 0.15) is 11.6 Å². The summed E-state index contributed by atoms with van der Waals surface area (Å²) in [6.45, 7) is 4.88. The third-order valence-electron chi connectivity index (χ3n) is 3.97. The standard InChI is InChI=1S/C18H22N4O3S/c1-15-2-4-16(5-3-15)7-13-26(23,24)20-14-17-19-8-6-18(21-17)22-9-11-25-12-10-22/h2-8,13,20H,9-12,14H2,1H3/b13-7+. The monoisotopic (exact) mass is 374 g/mol. The lowest BCUT2D eigenvalue weighted by Gasteiger charge is -2.27. The zero-order valence-corrected chi connectivity index (χ0v) is 15.4. The molecule has 0 amide bonds. The second kappa shape index (κ2) is 8.39. The molecular weight excluding hydrogens is 352 g/mol. The van der Waals surface area contributed by atoms with E-state index in [1.165, 1.54) is 0 Å². The van der Waals surface area contributed by atoms with Crippen LogP contribution in [0.1, 0.15) is 17.0 Å². The summed E-state index contributed by atoms with van der Waals surface area (Å²) >= 11 is 0. The molecule has 3 rings (SSSR count). The van der Waals surface area contributed by atoms with E-state index in [9.17, 15) is 8.42 Å². The maximum atomic E-state index is 12.2. The maximum absolute atomic E-state index is 12.2. The fourth-order valence-corrected chi connectivity index (χ4v) is 3.26. The number of rotatable bonds is 6. The van der Waals surface area contributed by atoms with Crippen molar-refractivity contribution in [2.45, 2.75) is 13.5 Å². The molecule has 138 valence electrons. The predicted molar refractivity (Wildman–Crippen MR) is 101 cm³/mol. The van der Waals surface area contributed by atoms with E-state index in [0.29, 0.717) is 19.0 Å². The Morgan fingerprint density at radius 1 is 1.19 bits per heavy atom. The normalized spacial score (nSPS) is 15.5. The largest absolute Gasteiger partial charge is 0.378 e. The summed E-state index contributed by atoms with van der Waals surface area (Å²) < 4.78 is 32.1. The van der Waals surface area contributed by atoms with Gasteiger partial charge in [-0.2, -0.15) is 0 Å². The molecule has 1 aromatic carbocycles. The number of benzene rings is 1. The number of nitrogens with one attached hydrogen (secondary N) is 1. The quantitative estimate of drug-likeness (QED) is 0.829. The topological polar surface area (TPSA) is 84.4 Å². The van der Waals surface area contributed by atoms with Crippen LogP contribution in [-0.4, -0.2) is 44.7 Å². The molecule has 8 heteroatoms. The van der Waals surface area contributed by atoms with Gasteiger partial charge in [-0.1, -0.05) is 29.8 Å². The molecule has 0 spiro atoms. The van der Waals surface area contributed by atoms with Gasteiger partial charge in [0, 0.05) is 24.7 Å². The highest BCUT2D eigenvalue weighted by Gasteiger charge is 2.13. The van der Waals surface area contributed by atoms with Crippen LogP contribution in [0.3, 0.4) is 0 Å². The van der Waals surface area contributed by atoms with Crippen LogP contribution in [0.5, 0.6) is 0 Å². The van der Waals surface area contributed by atoms with Crippen LogP contribution in [0.4, 0.5) is 5.82 Å². The van der Waals surface area contributed by atoms with Crippen molar-refractivity contribution in [3.05, 3.63) is 58.9 Å². The number of aryl methyl sites for hydroxylation is 1. The Balaban J connectivity index is 1.61. The number of hydrogen-bond donors (Lipinski definition) is 1. The van der Waals surface area contributed by atoms with E-state index in [0.717, 1.165) is 35.4 Å². The van der Waals surface area contributed by atoms with Gasteiger partial charge in [-0.05, 0) is 24.6 Å². The first-order valence-corrected chi connectivity index (χ1v) is 9.95. The molecule has 0 saturated carbocycles. The Kier molecular flexibility index (Phi) is 5.97. The van der Waals surface area contributed by atoms with Gasteiger partial charge in [-0.15, -0.1) is 0 Å². The van der Waals surface area contributed by atoms with E-state index in [1.54, 1.807) is 12.3 Å². The van der Waals surface area contributed by atoms with E-state index in [2.05, 4.69) is 19.6 Å². The first-order chi connectivity index (χ1) is 12.5. The number of ether oxygens (including phenoxy) is 1. The Hall–Kier alpha value is -2.29. The van der Waals surface area contributed by atoms with Crippen LogP contribution < -0.4 is 9.62 Å². The molecule has 1 aliphatic rings. The van der Waals surface area contributed by atoms with E-state index < -0.39 is 10.0 Å². The van der Waals surface area contributed by atoms with Crippen molar-refractivity contribution in [3.63, 3.8) is 0 Å². The average molecular weight is 374 g/mol. The molecule has 1 aliphatic heterocycles. The molecule has 1 saturated heterocycles. The first kappa shape index (κ1) is 18.5. The molecule has 0 radical (unpaired) electrons. The van der Waals surface area contributed by atoms with Crippen LogP contribution in [-0.2, 0) is 21.3 Å². The van der Waals surface area contributed by atoms with Crippen LogP contribution in [0.25, 0.3) is 6.08 Å². The van der Waals surface area contributed by atoms with E-state index in [1.807, 2.05) is 37.3 Å². The van der Waals surface area contributed by atoms with Crippen molar-refractivity contribution in [1.82, 2.24) is 14.7 Å². The van der Waals surface area contributed by atoms with Crippen molar-refractivity contribution in [3.8, 4) is 0 Å². The van der Waals surface area contributed by atoms with Gasteiger partial charge in [-0.25, -0.2) is 23.1 Å². The van der Waals surface area contributed by atoms with Crippen LogP contribution in [0, 0.1) is 6.92 Å². The Bertz CT molecular complexity index is 860. The van der Waals surface area contributed by atoms with Crippen molar-refractivity contribution >= 4 is 21.9 Å². The number of hydrogen-bond acceptors (Lipinski definition) is 6. The van der Waals surface area contributed by atoms with Crippen LogP contribution in [0.2, 0.25) is 0 Å². The average Bonchev–Trinajstić information content (AvgIpc) is 2.67. The molecule has 1 fully saturated rings. The number of anilines is 1. The third-order valence-corrected chi connectivity index (χ3v) is 5.02. The summed E-state index contributed by atoms with van der Waals surface area (Å²) in [5, 5.41) is 1.16. The minimum Gasteiger partial charge on any atom is -0.378 e. The second-order valence-corrected chi connectivity index (χ2v) is 7.66. The molecule has 2 heterocycles. The van der Waals surface area contributed by atoms with Gasteiger partial charge in [0.2, 0.25) is 10.0 Å². The highest BCUT2D eigenvalue weighted by atomic mass is 32.2. The molecule has 0 unspecified atom stereocenters. The highest BCUT2D eigenvalue weighted by molar-refractivity contribution is 7.92. The van der Waals surface area contributed by atoms with Gasteiger partial charge in [0.15, 0.2) is 0 Å². The summed E-state index contributed by atoms with van der Waals surface area (Å²) in [6, 6.07) is 9.43. The zero-order valence-electron chi connectivity index (χ0n) is 14.6. The molecule has 7 nitrogen and oxygen atoms in total. The fraction of sp³-hybridized carbons (Fsp3) is 0.333. The fourth-order valence-electron chi connectivity index (χ4n) is 2.50. The number of sulfonamides is 1. The Morgan fingerprint density at radius 3 is 2.65 bits per heavy atom. The van der Waals surface area contributed by atoms with E-state index >= 15 is 0 Å².